The topological polar surface area (TPSA) is 56.8 Å². The number of aromatic nitrogens is 3. The number of anilines is 1. The van der Waals surface area contributed by atoms with E-state index in [1.807, 2.05) is 13.8 Å². The fourth-order valence-corrected chi connectivity index (χ4v) is 2.92. The van der Waals surface area contributed by atoms with Gasteiger partial charge in [0.05, 0.1) is 5.39 Å². The maximum atomic E-state index is 4.54. The van der Waals surface area contributed by atoms with Crippen molar-refractivity contribution < 1.29 is 0 Å². The number of rotatable bonds is 7. The monoisotopic (exact) mass is 323 g/mol. The van der Waals surface area contributed by atoms with Gasteiger partial charge in [0.25, 0.3) is 0 Å². The van der Waals surface area contributed by atoms with Crippen LogP contribution in [0.1, 0.15) is 23.5 Å². The van der Waals surface area contributed by atoms with E-state index < -0.39 is 0 Å². The molecular formula is C19H25N5. The van der Waals surface area contributed by atoms with Crippen LogP contribution < -0.4 is 5.32 Å². The van der Waals surface area contributed by atoms with Gasteiger partial charge in [0, 0.05) is 18.8 Å². The molecule has 2 N–H and O–H groups in total. The first-order valence-electron chi connectivity index (χ1n) is 8.42. The van der Waals surface area contributed by atoms with Gasteiger partial charge in [0.1, 0.15) is 17.3 Å². The number of benzene rings is 1. The number of nitrogens with zero attached hydrogens (tertiary/aromatic N) is 3. The number of H-pyrrole nitrogens is 1. The summed E-state index contributed by atoms with van der Waals surface area (Å²) in [5.41, 5.74) is 3.36. The van der Waals surface area contributed by atoms with Crippen molar-refractivity contribution in [2.24, 2.45) is 0 Å². The Morgan fingerprint density at radius 1 is 1.12 bits per heavy atom. The van der Waals surface area contributed by atoms with Gasteiger partial charge in [-0.15, -0.1) is 0 Å². The van der Waals surface area contributed by atoms with Crippen LogP contribution in [0.2, 0.25) is 0 Å². The lowest BCUT2D eigenvalue weighted by Crippen LogP contribution is -2.21. The maximum absolute atomic E-state index is 4.54. The van der Waals surface area contributed by atoms with E-state index in [4.69, 9.17) is 0 Å². The van der Waals surface area contributed by atoms with E-state index in [-0.39, 0.29) is 0 Å². The van der Waals surface area contributed by atoms with Gasteiger partial charge < -0.3 is 15.2 Å². The highest BCUT2D eigenvalue weighted by molar-refractivity contribution is 5.87. The molecule has 3 aromatic rings. The molecule has 2 heterocycles. The summed E-state index contributed by atoms with van der Waals surface area (Å²) in [7, 11) is 2.16. The van der Waals surface area contributed by atoms with Crippen molar-refractivity contribution in [3.63, 3.8) is 0 Å². The fourth-order valence-electron chi connectivity index (χ4n) is 2.92. The summed E-state index contributed by atoms with van der Waals surface area (Å²) in [5, 5.41) is 4.53. The highest BCUT2D eigenvalue weighted by Crippen LogP contribution is 2.21. The van der Waals surface area contributed by atoms with Crippen molar-refractivity contribution in [1.82, 2.24) is 19.9 Å². The second-order valence-electron chi connectivity index (χ2n) is 6.34. The molecule has 0 amide bonds. The molecule has 0 radical (unpaired) electrons. The molecule has 2 aromatic heterocycles. The van der Waals surface area contributed by atoms with Gasteiger partial charge in [-0.05, 0) is 45.5 Å². The summed E-state index contributed by atoms with van der Waals surface area (Å²) in [5.74, 6) is 1.71. The molecule has 0 bridgehead atoms. The van der Waals surface area contributed by atoms with Crippen LogP contribution in [0.25, 0.3) is 11.0 Å². The minimum absolute atomic E-state index is 0.785. The Morgan fingerprint density at radius 2 is 1.92 bits per heavy atom. The zero-order valence-corrected chi connectivity index (χ0v) is 14.6. The number of hydrogen-bond acceptors (Lipinski definition) is 4. The molecular weight excluding hydrogens is 298 g/mol. The zero-order chi connectivity index (χ0) is 16.9. The third-order valence-corrected chi connectivity index (χ3v) is 4.04. The summed E-state index contributed by atoms with van der Waals surface area (Å²) in [4.78, 5) is 14.6. The SMILES string of the molecule is Cc1nc(NCCCN(C)Cc2ccccc2)c2cc(C)[nH]c2n1. The van der Waals surface area contributed by atoms with Gasteiger partial charge in [0.2, 0.25) is 0 Å². The van der Waals surface area contributed by atoms with E-state index in [9.17, 15) is 0 Å². The number of aryl methyl sites for hydroxylation is 2. The van der Waals surface area contributed by atoms with Gasteiger partial charge in [0.15, 0.2) is 0 Å². The number of hydrogen-bond donors (Lipinski definition) is 2. The smallest absolute Gasteiger partial charge is 0.143 e. The van der Waals surface area contributed by atoms with E-state index in [1.165, 1.54) is 5.56 Å². The molecule has 126 valence electrons. The first-order chi connectivity index (χ1) is 11.6. The molecule has 0 aliphatic carbocycles. The van der Waals surface area contributed by atoms with Gasteiger partial charge in [-0.25, -0.2) is 9.97 Å². The van der Waals surface area contributed by atoms with Crippen LogP contribution in [-0.4, -0.2) is 40.0 Å². The van der Waals surface area contributed by atoms with Crippen LogP contribution in [0.4, 0.5) is 5.82 Å². The molecule has 5 heteroatoms. The van der Waals surface area contributed by atoms with Crippen LogP contribution in [0.5, 0.6) is 0 Å². The highest BCUT2D eigenvalue weighted by atomic mass is 15.1. The molecule has 0 atom stereocenters. The molecule has 0 saturated carbocycles. The molecule has 3 rings (SSSR count). The molecule has 0 aliphatic rings. The summed E-state index contributed by atoms with van der Waals surface area (Å²) in [6, 6.07) is 12.7. The molecule has 5 nitrogen and oxygen atoms in total. The minimum Gasteiger partial charge on any atom is -0.369 e. The third kappa shape index (κ3) is 4.11. The van der Waals surface area contributed by atoms with Crippen molar-refractivity contribution in [2.45, 2.75) is 26.8 Å². The van der Waals surface area contributed by atoms with Crippen molar-refractivity contribution in [1.29, 1.82) is 0 Å². The second-order valence-corrected chi connectivity index (χ2v) is 6.34. The average Bonchev–Trinajstić information content (AvgIpc) is 2.92. The average molecular weight is 323 g/mol. The third-order valence-electron chi connectivity index (χ3n) is 4.04. The zero-order valence-electron chi connectivity index (χ0n) is 14.6. The quantitative estimate of drug-likeness (QED) is 0.653. The molecule has 1 aromatic carbocycles. The number of aromatic amines is 1. The Kier molecular flexibility index (Phi) is 5.11. The Morgan fingerprint density at radius 3 is 2.71 bits per heavy atom. The summed E-state index contributed by atoms with van der Waals surface area (Å²) in [6.45, 7) is 6.89. The van der Waals surface area contributed by atoms with E-state index in [0.29, 0.717) is 0 Å². The van der Waals surface area contributed by atoms with Crippen LogP contribution >= 0.6 is 0 Å². The van der Waals surface area contributed by atoms with Gasteiger partial charge in [-0.3, -0.25) is 0 Å². The normalized spacial score (nSPS) is 11.3. The van der Waals surface area contributed by atoms with E-state index in [1.54, 1.807) is 0 Å². The fraction of sp³-hybridized carbons (Fsp3) is 0.368. The number of nitrogens with one attached hydrogen (secondary N) is 2. The standard InChI is InChI=1S/C19H25N5/c1-14-12-17-18(22-15(2)23-19(17)21-14)20-10-7-11-24(3)13-16-8-5-4-6-9-16/h4-6,8-9,12H,7,10-11,13H2,1-3H3,(H2,20,21,22,23). The predicted octanol–water partition coefficient (Wildman–Crippen LogP) is 3.51. The van der Waals surface area contributed by atoms with Crippen LogP contribution in [0, 0.1) is 13.8 Å². The lowest BCUT2D eigenvalue weighted by atomic mass is 10.2. The molecule has 0 spiro atoms. The summed E-state index contributed by atoms with van der Waals surface area (Å²) >= 11 is 0. The molecule has 0 unspecified atom stereocenters. The van der Waals surface area contributed by atoms with Gasteiger partial charge in [-0.2, -0.15) is 0 Å². The molecule has 0 saturated heterocycles. The Balaban J connectivity index is 1.51. The first kappa shape index (κ1) is 16.5. The van der Waals surface area contributed by atoms with E-state index in [2.05, 4.69) is 68.6 Å². The first-order valence-corrected chi connectivity index (χ1v) is 8.42. The van der Waals surface area contributed by atoms with Crippen molar-refractivity contribution in [3.8, 4) is 0 Å². The second kappa shape index (κ2) is 7.45. The van der Waals surface area contributed by atoms with Crippen molar-refractivity contribution >= 4 is 16.9 Å². The number of fused-ring (bicyclic) bond motifs is 1. The van der Waals surface area contributed by atoms with Crippen molar-refractivity contribution in [3.05, 3.63) is 53.5 Å². The summed E-state index contributed by atoms with van der Waals surface area (Å²) < 4.78 is 0. The summed E-state index contributed by atoms with van der Waals surface area (Å²) in [6.07, 6.45) is 1.07. The molecule has 0 aliphatic heterocycles. The predicted molar refractivity (Wildman–Crippen MR) is 99.2 cm³/mol. The van der Waals surface area contributed by atoms with Gasteiger partial charge in [-0.1, -0.05) is 30.3 Å². The van der Waals surface area contributed by atoms with Crippen molar-refractivity contribution in [2.75, 3.05) is 25.5 Å². The lowest BCUT2D eigenvalue weighted by molar-refractivity contribution is 0.325. The van der Waals surface area contributed by atoms with E-state index >= 15 is 0 Å². The van der Waals surface area contributed by atoms with Gasteiger partial charge >= 0.3 is 0 Å². The largest absolute Gasteiger partial charge is 0.369 e. The Hall–Kier alpha value is -2.40. The Labute approximate surface area is 143 Å². The van der Waals surface area contributed by atoms with Crippen LogP contribution in [-0.2, 0) is 6.54 Å². The highest BCUT2D eigenvalue weighted by Gasteiger charge is 2.08. The van der Waals surface area contributed by atoms with E-state index in [0.717, 1.165) is 54.4 Å². The Bertz CT molecular complexity index is 794. The molecule has 0 fully saturated rings. The maximum Gasteiger partial charge on any atom is 0.143 e. The lowest BCUT2D eigenvalue weighted by Gasteiger charge is -2.17. The minimum atomic E-state index is 0.785. The molecule has 24 heavy (non-hydrogen) atoms. The van der Waals surface area contributed by atoms with Crippen LogP contribution in [0.15, 0.2) is 36.4 Å². The van der Waals surface area contributed by atoms with Crippen LogP contribution in [0.3, 0.4) is 0 Å².